The van der Waals surface area contributed by atoms with Crippen LogP contribution in [0, 0.1) is 0 Å². The van der Waals surface area contributed by atoms with E-state index < -0.39 is 11.7 Å². The number of carbonyl (C=O) groups excluding carboxylic acids is 2. The number of carbonyl (C=O) groups is 2. The Bertz CT molecular complexity index is 1300. The molecule has 2 aliphatic rings. The van der Waals surface area contributed by atoms with E-state index in [-0.39, 0.29) is 30.6 Å². The van der Waals surface area contributed by atoms with E-state index in [0.717, 1.165) is 23.5 Å². The molecule has 1 saturated heterocycles. The van der Waals surface area contributed by atoms with Crippen LogP contribution in [0.5, 0.6) is 0 Å². The highest BCUT2D eigenvalue weighted by molar-refractivity contribution is 6.02. The zero-order chi connectivity index (χ0) is 25.3. The summed E-state index contributed by atoms with van der Waals surface area (Å²) in [6, 6.07) is 11.9. The van der Waals surface area contributed by atoms with Crippen LogP contribution in [-0.2, 0) is 15.8 Å². The molecular weight excluding hydrogens is 473 g/mol. The molecule has 1 unspecified atom stereocenters. The van der Waals surface area contributed by atoms with Gasteiger partial charge in [-0.25, -0.2) is 5.01 Å². The lowest BCUT2D eigenvalue weighted by atomic mass is 9.96. The van der Waals surface area contributed by atoms with Gasteiger partial charge in [-0.1, -0.05) is 30.3 Å². The number of halogens is 3. The van der Waals surface area contributed by atoms with Gasteiger partial charge >= 0.3 is 6.18 Å². The predicted octanol–water partition coefficient (Wildman–Crippen LogP) is 3.87. The lowest BCUT2D eigenvalue weighted by molar-refractivity contribution is -0.138. The van der Waals surface area contributed by atoms with E-state index in [1.807, 2.05) is 30.3 Å². The van der Waals surface area contributed by atoms with Crippen molar-refractivity contribution in [2.75, 3.05) is 19.6 Å². The van der Waals surface area contributed by atoms with E-state index in [0.29, 0.717) is 50.4 Å². The molecule has 36 heavy (non-hydrogen) atoms. The van der Waals surface area contributed by atoms with Crippen LogP contribution in [0.2, 0.25) is 0 Å². The molecule has 8 nitrogen and oxygen atoms in total. The van der Waals surface area contributed by atoms with Crippen LogP contribution in [0.1, 0.15) is 55.0 Å². The molecule has 11 heteroatoms. The molecule has 0 aliphatic carbocycles. The largest absolute Gasteiger partial charge is 0.417 e. The Hall–Kier alpha value is -3.76. The summed E-state index contributed by atoms with van der Waals surface area (Å²) in [5, 5.41) is 14.0. The molecule has 0 spiro atoms. The van der Waals surface area contributed by atoms with Crippen molar-refractivity contribution in [3.05, 3.63) is 65.6 Å². The summed E-state index contributed by atoms with van der Waals surface area (Å²) in [6.07, 6.45) is -1.33. The van der Waals surface area contributed by atoms with Crippen molar-refractivity contribution < 1.29 is 22.8 Å². The summed E-state index contributed by atoms with van der Waals surface area (Å²) < 4.78 is 40.9. The van der Waals surface area contributed by atoms with E-state index in [1.54, 1.807) is 4.90 Å². The Morgan fingerprint density at radius 3 is 2.53 bits per heavy atom. The second kappa shape index (κ2) is 9.71. The number of alkyl halides is 3. The van der Waals surface area contributed by atoms with Crippen molar-refractivity contribution in [3.63, 3.8) is 0 Å². The number of hydrogen-bond donors (Lipinski definition) is 0. The number of amides is 2. The third kappa shape index (κ3) is 4.95. The van der Waals surface area contributed by atoms with Crippen LogP contribution < -0.4 is 0 Å². The summed E-state index contributed by atoms with van der Waals surface area (Å²) in [5.41, 5.74) is 1.38. The first kappa shape index (κ1) is 24.0. The van der Waals surface area contributed by atoms with Gasteiger partial charge in [0.1, 0.15) is 5.82 Å². The number of hydrogen-bond acceptors (Lipinski definition) is 5. The van der Waals surface area contributed by atoms with Gasteiger partial charge in [0.2, 0.25) is 11.8 Å². The van der Waals surface area contributed by atoms with Crippen molar-refractivity contribution >= 4 is 23.2 Å². The first-order chi connectivity index (χ1) is 17.3. The molecule has 1 fully saturated rings. The summed E-state index contributed by atoms with van der Waals surface area (Å²) in [5.74, 6) is -0.201. The number of hydrazone groups is 1. The molecule has 1 aromatic carbocycles. The van der Waals surface area contributed by atoms with Crippen LogP contribution in [0.4, 0.5) is 13.2 Å². The van der Waals surface area contributed by atoms with Crippen LogP contribution >= 0.6 is 0 Å². The number of likely N-dealkylation sites (tertiary alicyclic amines) is 1. The van der Waals surface area contributed by atoms with Crippen LogP contribution in [0.15, 0.2) is 53.8 Å². The lowest BCUT2D eigenvalue weighted by Crippen LogP contribution is -2.40. The zero-order valence-corrected chi connectivity index (χ0v) is 19.5. The molecule has 188 valence electrons. The third-order valence-electron chi connectivity index (χ3n) is 6.64. The van der Waals surface area contributed by atoms with Gasteiger partial charge in [0.15, 0.2) is 5.65 Å². The standard InChI is InChI=1S/C25H25F3N6O2/c26-25(27,28)19-8-9-21-29-30-24(33(21)16-19)18-7-4-13-32(15-18)22(35)10-11-23(36)34-14-12-20(31-34)17-5-2-1-3-6-17/h1-3,5-6,8-9,16,18H,4,7,10-15H2. The van der Waals surface area contributed by atoms with E-state index >= 15 is 0 Å². The molecule has 0 N–H and O–H groups in total. The van der Waals surface area contributed by atoms with Gasteiger partial charge in [0.25, 0.3) is 0 Å². The number of aromatic nitrogens is 3. The number of benzene rings is 1. The maximum absolute atomic E-state index is 13.2. The molecule has 0 bridgehead atoms. The third-order valence-corrected chi connectivity index (χ3v) is 6.64. The molecule has 2 aromatic heterocycles. The predicted molar refractivity (Wildman–Crippen MR) is 125 cm³/mol. The minimum absolute atomic E-state index is 0.0500. The van der Waals surface area contributed by atoms with Gasteiger partial charge in [-0.15, -0.1) is 10.2 Å². The van der Waals surface area contributed by atoms with Gasteiger partial charge < -0.3 is 4.90 Å². The Kier molecular flexibility index (Phi) is 6.46. The van der Waals surface area contributed by atoms with Crippen LogP contribution in [-0.4, -0.2) is 61.7 Å². The van der Waals surface area contributed by atoms with Gasteiger partial charge in [-0.05, 0) is 30.5 Å². The maximum Gasteiger partial charge on any atom is 0.417 e. The van der Waals surface area contributed by atoms with Gasteiger partial charge in [-0.2, -0.15) is 18.3 Å². The van der Waals surface area contributed by atoms with Crippen molar-refractivity contribution in [2.45, 2.75) is 44.2 Å². The van der Waals surface area contributed by atoms with Gasteiger partial charge in [0.05, 0.1) is 17.8 Å². The first-order valence-corrected chi connectivity index (χ1v) is 11.9. The highest BCUT2D eigenvalue weighted by Crippen LogP contribution is 2.31. The molecule has 5 rings (SSSR count). The number of nitrogens with zero attached hydrogens (tertiary/aromatic N) is 6. The molecule has 4 heterocycles. The fourth-order valence-corrected chi connectivity index (χ4v) is 4.74. The Labute approximate surface area is 205 Å². The topological polar surface area (TPSA) is 83.2 Å². The highest BCUT2D eigenvalue weighted by Gasteiger charge is 2.33. The van der Waals surface area contributed by atoms with E-state index in [1.165, 1.54) is 15.5 Å². The SMILES string of the molecule is O=C(CCC(=O)N1CCC(c2ccccc2)=N1)N1CCCC(c2nnc3ccc(C(F)(F)F)cn23)C1. The molecule has 3 aromatic rings. The quantitative estimate of drug-likeness (QED) is 0.535. The van der Waals surface area contributed by atoms with E-state index in [4.69, 9.17) is 0 Å². The van der Waals surface area contributed by atoms with Crippen LogP contribution in [0.3, 0.4) is 0 Å². The lowest BCUT2D eigenvalue weighted by Gasteiger charge is -2.32. The fraction of sp³-hybridized carbons (Fsp3) is 0.400. The fourth-order valence-electron chi connectivity index (χ4n) is 4.74. The normalized spacial score (nSPS) is 18.5. The number of pyridine rings is 1. The van der Waals surface area contributed by atoms with Crippen molar-refractivity contribution in [1.29, 1.82) is 0 Å². The second-order valence-electron chi connectivity index (χ2n) is 9.06. The van der Waals surface area contributed by atoms with Crippen molar-refractivity contribution in [3.8, 4) is 0 Å². The molecule has 2 aliphatic heterocycles. The Balaban J connectivity index is 1.21. The molecule has 0 saturated carbocycles. The average Bonchev–Trinajstić information content (AvgIpc) is 3.55. The van der Waals surface area contributed by atoms with Crippen LogP contribution in [0.25, 0.3) is 5.65 Å². The minimum Gasteiger partial charge on any atom is -0.342 e. The van der Waals surface area contributed by atoms with Crippen molar-refractivity contribution in [2.24, 2.45) is 5.10 Å². The minimum atomic E-state index is -4.47. The Morgan fingerprint density at radius 1 is 0.972 bits per heavy atom. The van der Waals surface area contributed by atoms with Gasteiger partial charge in [-0.3, -0.25) is 14.0 Å². The van der Waals surface area contributed by atoms with Gasteiger partial charge in [0, 0.05) is 44.5 Å². The zero-order valence-electron chi connectivity index (χ0n) is 19.5. The average molecular weight is 499 g/mol. The van der Waals surface area contributed by atoms with E-state index in [2.05, 4.69) is 15.3 Å². The molecular formula is C25H25F3N6O2. The first-order valence-electron chi connectivity index (χ1n) is 11.9. The number of fused-ring (bicyclic) bond motifs is 1. The Morgan fingerprint density at radius 2 is 1.75 bits per heavy atom. The van der Waals surface area contributed by atoms with Crippen molar-refractivity contribution in [1.82, 2.24) is 24.5 Å². The highest BCUT2D eigenvalue weighted by atomic mass is 19.4. The second-order valence-corrected chi connectivity index (χ2v) is 9.06. The molecule has 1 atom stereocenters. The summed E-state index contributed by atoms with van der Waals surface area (Å²) in [7, 11) is 0. The monoisotopic (exact) mass is 498 g/mol. The summed E-state index contributed by atoms with van der Waals surface area (Å²) >= 11 is 0. The number of piperidine rings is 1. The maximum atomic E-state index is 13.2. The number of rotatable bonds is 5. The summed E-state index contributed by atoms with van der Waals surface area (Å²) in [4.78, 5) is 27.2. The molecule has 2 amide bonds. The smallest absolute Gasteiger partial charge is 0.342 e. The summed E-state index contributed by atoms with van der Waals surface area (Å²) in [6.45, 7) is 1.35. The van der Waals surface area contributed by atoms with E-state index in [9.17, 15) is 22.8 Å². The molecule has 0 radical (unpaired) electrons.